The molecule has 0 saturated heterocycles. The molecule has 0 spiro atoms. The van der Waals surface area contributed by atoms with E-state index in [4.69, 9.17) is 16.3 Å². The minimum atomic E-state index is -0.448. The highest BCUT2D eigenvalue weighted by atomic mass is 35.5. The molecule has 0 saturated carbocycles. The topological polar surface area (TPSA) is 81.1 Å². The van der Waals surface area contributed by atoms with Crippen LogP contribution in [0.4, 0.5) is 11.6 Å². The second-order valence-corrected chi connectivity index (χ2v) is 8.77. The van der Waals surface area contributed by atoms with E-state index in [1.54, 1.807) is 4.68 Å². The lowest BCUT2D eigenvalue weighted by Gasteiger charge is -2.29. The van der Waals surface area contributed by atoms with E-state index in [-0.39, 0.29) is 5.91 Å². The molecule has 0 aliphatic carbocycles. The predicted molar refractivity (Wildman–Crippen MR) is 137 cm³/mol. The summed E-state index contributed by atoms with van der Waals surface area (Å²) in [7, 11) is 0. The average Bonchev–Trinajstić information content (AvgIpc) is 3.31. The number of hydrogen-bond donors (Lipinski definition) is 2. The van der Waals surface area contributed by atoms with Crippen LogP contribution >= 0.6 is 11.6 Å². The van der Waals surface area contributed by atoms with Crippen LogP contribution in [0, 0.1) is 6.92 Å². The number of nitrogens with zero attached hydrogens (tertiary/aromatic N) is 3. The Labute approximate surface area is 208 Å². The first-order valence-corrected chi connectivity index (χ1v) is 11.6. The Morgan fingerprint density at radius 3 is 2.66 bits per heavy atom. The predicted octanol–water partition coefficient (Wildman–Crippen LogP) is 5.75. The number of nitrogens with one attached hydrogen (secondary N) is 2. The summed E-state index contributed by atoms with van der Waals surface area (Å²) in [5.41, 5.74) is 4.89. The van der Waals surface area contributed by atoms with Gasteiger partial charge in [-0.2, -0.15) is 10.1 Å². The minimum Gasteiger partial charge on any atom is -0.489 e. The number of anilines is 2. The van der Waals surface area contributed by atoms with E-state index < -0.39 is 6.04 Å². The molecule has 2 N–H and O–H groups in total. The van der Waals surface area contributed by atoms with E-state index in [0.717, 1.165) is 28.1 Å². The summed E-state index contributed by atoms with van der Waals surface area (Å²) in [6.07, 6.45) is 1.48. The number of halogens is 1. The largest absolute Gasteiger partial charge is 0.489 e. The number of allylic oxidation sites excluding steroid dienone is 1. The number of carbonyl (C=O) groups excluding carboxylic acids is 1. The molecule has 7 nitrogen and oxygen atoms in total. The number of aryl methyl sites for hydroxylation is 1. The third kappa shape index (κ3) is 4.76. The standard InChI is InChI=1S/C27H24ClN5O2/c1-17-6-5-8-21(14-17)32-26(34)24-18(2)31-27-29-16-30-33(27)25(24)19-10-12-22(13-11-19)35-15-20-7-3-4-9-23(20)28/h3-14,16,25H,15H2,1-2H3,(H,32,34)(H,29,30,31). The van der Waals surface area contributed by atoms with Gasteiger partial charge >= 0.3 is 0 Å². The second-order valence-electron chi connectivity index (χ2n) is 8.37. The molecule has 1 aromatic heterocycles. The number of ether oxygens (including phenoxy) is 1. The number of carbonyl (C=O) groups is 1. The quantitative estimate of drug-likeness (QED) is 0.363. The Morgan fingerprint density at radius 2 is 1.89 bits per heavy atom. The molecule has 8 heteroatoms. The van der Waals surface area contributed by atoms with Crippen LogP contribution in [0.2, 0.25) is 5.02 Å². The SMILES string of the molecule is CC1=C(C(=O)Nc2cccc(C)c2)C(c2ccc(OCc3ccccc3Cl)cc2)n2ncnc2N1. The number of fused-ring (bicyclic) bond motifs is 1. The molecule has 1 amide bonds. The molecule has 1 aliphatic heterocycles. The monoisotopic (exact) mass is 485 g/mol. The molecule has 4 aromatic rings. The van der Waals surface area contributed by atoms with E-state index in [2.05, 4.69) is 20.7 Å². The molecule has 0 radical (unpaired) electrons. The Morgan fingerprint density at radius 1 is 1.09 bits per heavy atom. The molecule has 5 rings (SSSR count). The molecule has 0 fully saturated rings. The lowest BCUT2D eigenvalue weighted by atomic mass is 9.95. The van der Waals surface area contributed by atoms with Crippen LogP contribution in [0.25, 0.3) is 0 Å². The van der Waals surface area contributed by atoms with Gasteiger partial charge in [0.05, 0.1) is 5.57 Å². The number of rotatable bonds is 6. The van der Waals surface area contributed by atoms with Crippen LogP contribution in [0.5, 0.6) is 5.75 Å². The summed E-state index contributed by atoms with van der Waals surface area (Å²) in [4.78, 5) is 17.8. The van der Waals surface area contributed by atoms with Gasteiger partial charge in [-0.15, -0.1) is 0 Å². The number of benzene rings is 3. The van der Waals surface area contributed by atoms with E-state index >= 15 is 0 Å². The van der Waals surface area contributed by atoms with Crippen molar-refractivity contribution in [3.8, 4) is 5.75 Å². The van der Waals surface area contributed by atoms with Crippen LogP contribution in [0.3, 0.4) is 0 Å². The molecule has 1 atom stereocenters. The van der Waals surface area contributed by atoms with Gasteiger partial charge < -0.3 is 15.4 Å². The van der Waals surface area contributed by atoms with Crippen molar-refractivity contribution < 1.29 is 9.53 Å². The van der Waals surface area contributed by atoms with Gasteiger partial charge in [-0.25, -0.2) is 4.68 Å². The highest BCUT2D eigenvalue weighted by Crippen LogP contribution is 2.36. The van der Waals surface area contributed by atoms with Crippen molar-refractivity contribution in [1.82, 2.24) is 14.8 Å². The van der Waals surface area contributed by atoms with Crippen molar-refractivity contribution in [2.75, 3.05) is 10.6 Å². The zero-order valence-electron chi connectivity index (χ0n) is 19.3. The van der Waals surface area contributed by atoms with Gasteiger partial charge in [-0.05, 0) is 55.3 Å². The zero-order valence-corrected chi connectivity index (χ0v) is 20.1. The minimum absolute atomic E-state index is 0.203. The van der Waals surface area contributed by atoms with Gasteiger partial charge in [0.15, 0.2) is 0 Å². The molecule has 3 aromatic carbocycles. The molecular formula is C27H24ClN5O2. The van der Waals surface area contributed by atoms with Crippen LogP contribution < -0.4 is 15.4 Å². The van der Waals surface area contributed by atoms with E-state index in [1.807, 2.05) is 86.6 Å². The summed E-state index contributed by atoms with van der Waals surface area (Å²) in [5, 5.41) is 11.3. The fraction of sp³-hybridized carbons (Fsp3) is 0.148. The van der Waals surface area contributed by atoms with Crippen LogP contribution in [-0.2, 0) is 11.4 Å². The number of hydrogen-bond acceptors (Lipinski definition) is 5. The normalized spacial score (nSPS) is 14.8. The molecule has 2 heterocycles. The lowest BCUT2D eigenvalue weighted by Crippen LogP contribution is -2.31. The van der Waals surface area contributed by atoms with Gasteiger partial charge in [-0.3, -0.25) is 4.79 Å². The van der Waals surface area contributed by atoms with Crippen LogP contribution in [0.15, 0.2) is 90.4 Å². The molecule has 35 heavy (non-hydrogen) atoms. The van der Waals surface area contributed by atoms with E-state index in [0.29, 0.717) is 28.9 Å². The van der Waals surface area contributed by atoms with E-state index in [1.165, 1.54) is 6.33 Å². The maximum absolute atomic E-state index is 13.5. The Hall–Kier alpha value is -4.10. The van der Waals surface area contributed by atoms with Gasteiger partial charge in [0.25, 0.3) is 5.91 Å². The van der Waals surface area contributed by atoms with Crippen molar-refractivity contribution in [3.63, 3.8) is 0 Å². The van der Waals surface area contributed by atoms with Crippen molar-refractivity contribution >= 4 is 29.1 Å². The fourth-order valence-electron chi connectivity index (χ4n) is 4.14. The van der Waals surface area contributed by atoms with Crippen molar-refractivity contribution in [1.29, 1.82) is 0 Å². The summed E-state index contributed by atoms with van der Waals surface area (Å²) in [6.45, 7) is 4.22. The first kappa shape index (κ1) is 22.7. The van der Waals surface area contributed by atoms with E-state index in [9.17, 15) is 4.79 Å². The van der Waals surface area contributed by atoms with Crippen molar-refractivity contribution in [3.05, 3.63) is 112 Å². The van der Waals surface area contributed by atoms with Gasteiger partial charge in [0, 0.05) is 22.0 Å². The molecule has 1 unspecified atom stereocenters. The zero-order chi connectivity index (χ0) is 24.4. The maximum atomic E-state index is 13.5. The lowest BCUT2D eigenvalue weighted by molar-refractivity contribution is -0.113. The van der Waals surface area contributed by atoms with Gasteiger partial charge in [0.1, 0.15) is 24.7 Å². The number of aromatic nitrogens is 3. The molecular weight excluding hydrogens is 462 g/mol. The number of amides is 1. The Bertz CT molecular complexity index is 1410. The van der Waals surface area contributed by atoms with Gasteiger partial charge in [-0.1, -0.05) is 54.1 Å². The van der Waals surface area contributed by atoms with Crippen molar-refractivity contribution in [2.24, 2.45) is 0 Å². The summed E-state index contributed by atoms with van der Waals surface area (Å²) in [6, 6.07) is 22.5. The van der Waals surface area contributed by atoms with Crippen LogP contribution in [0.1, 0.15) is 29.7 Å². The summed E-state index contributed by atoms with van der Waals surface area (Å²) in [5.74, 6) is 1.08. The highest BCUT2D eigenvalue weighted by Gasteiger charge is 2.33. The second kappa shape index (κ2) is 9.64. The van der Waals surface area contributed by atoms with Crippen molar-refractivity contribution in [2.45, 2.75) is 26.5 Å². The Kier molecular flexibility index (Phi) is 6.25. The summed E-state index contributed by atoms with van der Waals surface area (Å²) >= 11 is 6.24. The van der Waals surface area contributed by atoms with Crippen LogP contribution in [-0.4, -0.2) is 20.7 Å². The highest BCUT2D eigenvalue weighted by molar-refractivity contribution is 6.31. The third-order valence-corrected chi connectivity index (χ3v) is 6.23. The summed E-state index contributed by atoms with van der Waals surface area (Å²) < 4.78 is 7.65. The first-order valence-electron chi connectivity index (χ1n) is 11.2. The molecule has 176 valence electrons. The Balaban J connectivity index is 1.42. The smallest absolute Gasteiger partial charge is 0.255 e. The third-order valence-electron chi connectivity index (χ3n) is 5.86. The fourth-order valence-corrected chi connectivity index (χ4v) is 4.33. The average molecular weight is 486 g/mol. The first-order chi connectivity index (χ1) is 17.0. The molecule has 0 bridgehead atoms. The maximum Gasteiger partial charge on any atom is 0.255 e. The van der Waals surface area contributed by atoms with Gasteiger partial charge in [0.2, 0.25) is 5.95 Å². The molecule has 1 aliphatic rings.